The summed E-state index contributed by atoms with van der Waals surface area (Å²) in [4.78, 5) is 13.5. The van der Waals surface area contributed by atoms with Crippen molar-refractivity contribution in [1.82, 2.24) is 10.2 Å². The summed E-state index contributed by atoms with van der Waals surface area (Å²) in [5.74, 6) is 0.258. The lowest BCUT2D eigenvalue weighted by atomic mass is 10.1. The average molecular weight is 357 g/mol. The van der Waals surface area contributed by atoms with Gasteiger partial charge in [0.25, 0.3) is 0 Å². The first-order valence-corrected chi connectivity index (χ1v) is 7.73. The molecule has 5 nitrogen and oxygen atoms in total. The number of phenolic OH excluding ortho intramolecular Hbond substituents is 1. The minimum Gasteiger partial charge on any atom is -0.506 e. The van der Waals surface area contributed by atoms with Crippen molar-refractivity contribution in [3.8, 4) is 5.75 Å². The van der Waals surface area contributed by atoms with Gasteiger partial charge in [-0.05, 0) is 42.8 Å². The molecule has 0 aliphatic carbocycles. The van der Waals surface area contributed by atoms with E-state index < -0.39 is 5.60 Å². The highest BCUT2D eigenvalue weighted by molar-refractivity contribution is 9.10. The van der Waals surface area contributed by atoms with Crippen molar-refractivity contribution in [2.45, 2.75) is 39.0 Å². The fraction of sp³-hybridized carbons (Fsp3) is 0.533. The lowest BCUT2D eigenvalue weighted by Crippen LogP contribution is -2.60. The van der Waals surface area contributed by atoms with Gasteiger partial charge in [0, 0.05) is 31.2 Å². The number of nitrogens with zero attached hydrogens (tertiary/aromatic N) is 1. The normalized spacial score (nSPS) is 15.7. The molecule has 6 heteroatoms. The highest BCUT2D eigenvalue weighted by Crippen LogP contribution is 2.27. The molecule has 1 aromatic rings. The average Bonchev–Trinajstić information content (AvgIpc) is 2.30. The number of para-hydroxylation sites is 1. The number of phenols is 1. The zero-order valence-electron chi connectivity index (χ0n) is 12.5. The maximum absolute atomic E-state index is 11.8. The number of carbonyl (C=O) groups excluding carboxylic acids is 1. The number of nitrogens with one attached hydrogen (secondary N) is 1. The molecule has 2 rings (SSSR count). The maximum atomic E-state index is 11.8. The molecule has 0 unspecified atom stereocenters. The van der Waals surface area contributed by atoms with Gasteiger partial charge in [-0.1, -0.05) is 12.1 Å². The number of hydrogen-bond acceptors (Lipinski definition) is 4. The topological polar surface area (TPSA) is 61.8 Å². The van der Waals surface area contributed by atoms with Crippen molar-refractivity contribution in [1.29, 1.82) is 0 Å². The van der Waals surface area contributed by atoms with Crippen LogP contribution in [0.4, 0.5) is 4.79 Å². The zero-order chi connectivity index (χ0) is 15.6. The quantitative estimate of drug-likeness (QED) is 0.873. The van der Waals surface area contributed by atoms with Crippen LogP contribution in [0.25, 0.3) is 0 Å². The predicted molar refractivity (Wildman–Crippen MR) is 84.2 cm³/mol. The largest absolute Gasteiger partial charge is 0.506 e. The third-order valence-electron chi connectivity index (χ3n) is 3.18. The minimum atomic E-state index is -0.461. The molecule has 1 fully saturated rings. The van der Waals surface area contributed by atoms with E-state index in [-0.39, 0.29) is 17.9 Å². The number of amides is 1. The van der Waals surface area contributed by atoms with E-state index in [1.807, 2.05) is 32.9 Å². The summed E-state index contributed by atoms with van der Waals surface area (Å²) in [5, 5.41) is 13.2. The molecule has 0 atom stereocenters. The lowest BCUT2D eigenvalue weighted by Gasteiger charge is -2.40. The molecule has 116 valence electrons. The van der Waals surface area contributed by atoms with Crippen LogP contribution < -0.4 is 5.32 Å². The van der Waals surface area contributed by atoms with E-state index in [1.54, 1.807) is 11.0 Å². The van der Waals surface area contributed by atoms with Crippen LogP contribution in [-0.2, 0) is 11.3 Å². The minimum absolute atomic E-state index is 0.232. The Balaban J connectivity index is 1.76. The summed E-state index contributed by atoms with van der Waals surface area (Å²) in [6, 6.07) is 5.79. The summed E-state index contributed by atoms with van der Waals surface area (Å²) >= 11 is 3.29. The fourth-order valence-corrected chi connectivity index (χ4v) is 2.45. The first kappa shape index (κ1) is 16.1. The predicted octanol–water partition coefficient (Wildman–Crippen LogP) is 2.86. The van der Waals surface area contributed by atoms with Gasteiger partial charge >= 0.3 is 6.09 Å². The van der Waals surface area contributed by atoms with Crippen LogP contribution in [0.2, 0.25) is 0 Å². The Morgan fingerprint density at radius 3 is 2.76 bits per heavy atom. The number of hydrogen-bond donors (Lipinski definition) is 2. The zero-order valence-corrected chi connectivity index (χ0v) is 14.1. The second kappa shape index (κ2) is 6.23. The van der Waals surface area contributed by atoms with Crippen LogP contribution in [0.3, 0.4) is 0 Å². The Hall–Kier alpha value is -1.27. The first-order chi connectivity index (χ1) is 9.76. The van der Waals surface area contributed by atoms with Crippen molar-refractivity contribution >= 4 is 22.0 Å². The lowest BCUT2D eigenvalue weighted by molar-refractivity contribution is 0.00516. The van der Waals surface area contributed by atoms with Gasteiger partial charge in [0.05, 0.1) is 4.47 Å². The standard InChI is InChI=1S/C15H21BrN2O3/c1-15(2,3)21-14(20)18-8-11(9-18)17-7-10-5-4-6-12(16)13(10)19/h4-6,11,17,19H,7-9H2,1-3H3. The van der Waals surface area contributed by atoms with Gasteiger partial charge in [-0.3, -0.25) is 0 Å². The van der Waals surface area contributed by atoms with E-state index >= 15 is 0 Å². The van der Waals surface area contributed by atoms with E-state index in [2.05, 4.69) is 21.2 Å². The third-order valence-corrected chi connectivity index (χ3v) is 3.82. The van der Waals surface area contributed by atoms with Crippen LogP contribution in [0, 0.1) is 0 Å². The van der Waals surface area contributed by atoms with Gasteiger partial charge < -0.3 is 20.1 Å². The van der Waals surface area contributed by atoms with Crippen molar-refractivity contribution in [2.75, 3.05) is 13.1 Å². The second-order valence-corrected chi connectivity index (χ2v) is 7.07. The highest BCUT2D eigenvalue weighted by Gasteiger charge is 2.33. The van der Waals surface area contributed by atoms with Gasteiger partial charge in [-0.15, -0.1) is 0 Å². The second-order valence-electron chi connectivity index (χ2n) is 6.21. The van der Waals surface area contributed by atoms with Gasteiger partial charge in [0.2, 0.25) is 0 Å². The van der Waals surface area contributed by atoms with E-state index in [0.717, 1.165) is 5.56 Å². The van der Waals surface area contributed by atoms with E-state index in [9.17, 15) is 9.90 Å². The van der Waals surface area contributed by atoms with Crippen molar-refractivity contribution in [3.63, 3.8) is 0 Å². The molecule has 21 heavy (non-hydrogen) atoms. The molecule has 2 N–H and O–H groups in total. The molecular weight excluding hydrogens is 336 g/mol. The summed E-state index contributed by atoms with van der Waals surface area (Å²) < 4.78 is 5.99. The SMILES string of the molecule is CC(C)(C)OC(=O)N1CC(NCc2cccc(Br)c2O)C1. The summed E-state index contributed by atoms with van der Waals surface area (Å²) in [6.45, 7) is 7.40. The molecule has 0 bridgehead atoms. The van der Waals surface area contributed by atoms with Crippen LogP contribution in [0.1, 0.15) is 26.3 Å². The number of likely N-dealkylation sites (tertiary alicyclic amines) is 1. The number of benzene rings is 1. The smallest absolute Gasteiger partial charge is 0.410 e. The number of rotatable bonds is 3. The summed E-state index contributed by atoms with van der Waals surface area (Å²) in [7, 11) is 0. The monoisotopic (exact) mass is 356 g/mol. The molecule has 1 heterocycles. The van der Waals surface area contributed by atoms with Crippen molar-refractivity contribution < 1.29 is 14.6 Å². The molecule has 1 aliphatic heterocycles. The van der Waals surface area contributed by atoms with E-state index in [0.29, 0.717) is 24.1 Å². The van der Waals surface area contributed by atoms with E-state index in [4.69, 9.17) is 4.74 Å². The van der Waals surface area contributed by atoms with Crippen molar-refractivity contribution in [3.05, 3.63) is 28.2 Å². The molecule has 0 spiro atoms. The van der Waals surface area contributed by atoms with Crippen LogP contribution >= 0.6 is 15.9 Å². The number of aromatic hydroxyl groups is 1. The van der Waals surface area contributed by atoms with Gasteiger partial charge in [-0.25, -0.2) is 4.79 Å². The van der Waals surface area contributed by atoms with Gasteiger partial charge in [0.15, 0.2) is 0 Å². The maximum Gasteiger partial charge on any atom is 0.410 e. The number of ether oxygens (including phenoxy) is 1. The number of halogens is 1. The molecule has 0 aromatic heterocycles. The Bertz CT molecular complexity index is 522. The third kappa shape index (κ3) is 4.35. The molecule has 1 saturated heterocycles. The Labute approximate surface area is 133 Å². The van der Waals surface area contributed by atoms with E-state index in [1.165, 1.54) is 0 Å². The van der Waals surface area contributed by atoms with Crippen LogP contribution in [0.5, 0.6) is 5.75 Å². The summed E-state index contributed by atoms with van der Waals surface area (Å²) in [6.07, 6.45) is -0.272. The van der Waals surface area contributed by atoms with Gasteiger partial charge in [0.1, 0.15) is 11.4 Å². The van der Waals surface area contributed by atoms with Crippen molar-refractivity contribution in [2.24, 2.45) is 0 Å². The molecule has 1 aliphatic rings. The summed E-state index contributed by atoms with van der Waals surface area (Å²) in [5.41, 5.74) is 0.373. The Kier molecular flexibility index (Phi) is 4.78. The molecule has 1 amide bonds. The van der Waals surface area contributed by atoms with Crippen LogP contribution in [0.15, 0.2) is 22.7 Å². The highest BCUT2D eigenvalue weighted by atomic mass is 79.9. The first-order valence-electron chi connectivity index (χ1n) is 6.94. The number of carbonyl (C=O) groups is 1. The fourth-order valence-electron chi connectivity index (χ4n) is 2.04. The molecule has 0 saturated carbocycles. The Morgan fingerprint density at radius 1 is 1.48 bits per heavy atom. The molecular formula is C15H21BrN2O3. The van der Waals surface area contributed by atoms with Crippen LogP contribution in [-0.4, -0.2) is 40.8 Å². The van der Waals surface area contributed by atoms with Gasteiger partial charge in [-0.2, -0.15) is 0 Å². The molecule has 1 aromatic carbocycles. The molecule has 0 radical (unpaired) electrons. The Morgan fingerprint density at radius 2 is 2.14 bits per heavy atom.